The molecule has 0 saturated heterocycles. The molecule has 0 spiro atoms. The van der Waals surface area contributed by atoms with Gasteiger partial charge in [-0.1, -0.05) is 6.08 Å². The second-order valence-corrected chi connectivity index (χ2v) is 4.50. The minimum Gasteiger partial charge on any atom is -0.395 e. The third kappa shape index (κ3) is 2.45. The van der Waals surface area contributed by atoms with Gasteiger partial charge in [-0.2, -0.15) is 0 Å². The number of nitrogens with one attached hydrogen (secondary N) is 1. The van der Waals surface area contributed by atoms with Crippen LogP contribution in [0.25, 0.3) is 5.52 Å². The van der Waals surface area contributed by atoms with Gasteiger partial charge >= 0.3 is 0 Å². The van der Waals surface area contributed by atoms with Crippen LogP contribution in [0.4, 0.5) is 0 Å². The maximum absolute atomic E-state index is 11.6. The second kappa shape index (κ2) is 5.14. The van der Waals surface area contributed by atoms with Gasteiger partial charge in [0.15, 0.2) is 0 Å². The van der Waals surface area contributed by atoms with E-state index in [0.29, 0.717) is 6.54 Å². The lowest BCUT2D eigenvalue weighted by Crippen LogP contribution is -2.28. The molecule has 100 valence electrons. The molecule has 2 heterocycles. The van der Waals surface area contributed by atoms with Gasteiger partial charge in [0.25, 0.3) is 5.91 Å². The number of rotatable bonds is 3. The van der Waals surface area contributed by atoms with Crippen molar-refractivity contribution in [2.24, 2.45) is 5.73 Å². The summed E-state index contributed by atoms with van der Waals surface area (Å²) < 4.78 is 1.96. The number of carbonyl (C=O) groups excluding carboxylic acids is 1. The van der Waals surface area contributed by atoms with Crippen molar-refractivity contribution in [2.75, 3.05) is 0 Å². The fourth-order valence-corrected chi connectivity index (χ4v) is 1.95. The van der Waals surface area contributed by atoms with Gasteiger partial charge < -0.3 is 15.5 Å². The predicted octanol–water partition coefficient (Wildman–Crippen LogP) is 1.43. The van der Waals surface area contributed by atoms with Crippen LogP contribution in [0.5, 0.6) is 0 Å². The van der Waals surface area contributed by atoms with E-state index >= 15 is 0 Å². The first-order chi connectivity index (χ1) is 9.04. The maximum atomic E-state index is 11.6. The van der Waals surface area contributed by atoms with Crippen LogP contribution in [0.1, 0.15) is 23.7 Å². The highest BCUT2D eigenvalue weighted by Gasteiger charge is 2.10. The summed E-state index contributed by atoms with van der Waals surface area (Å²) in [5.74, 6) is -0.269. The third-order valence-corrected chi connectivity index (χ3v) is 3.29. The van der Waals surface area contributed by atoms with E-state index in [0.717, 1.165) is 11.2 Å². The molecule has 19 heavy (non-hydrogen) atoms. The fraction of sp³-hybridized carbons (Fsp3) is 0.286. The van der Waals surface area contributed by atoms with E-state index in [2.05, 4.69) is 24.1 Å². The van der Waals surface area contributed by atoms with E-state index in [1.165, 1.54) is 11.1 Å². The Morgan fingerprint density at radius 1 is 1.53 bits per heavy atom. The summed E-state index contributed by atoms with van der Waals surface area (Å²) in [4.78, 5) is 16.0. The Bertz CT molecular complexity index is 655. The lowest BCUT2D eigenvalue weighted by molar-refractivity contribution is -0.117. The van der Waals surface area contributed by atoms with Crippen LogP contribution in [-0.2, 0) is 11.3 Å². The van der Waals surface area contributed by atoms with Crippen molar-refractivity contribution < 1.29 is 4.79 Å². The van der Waals surface area contributed by atoms with E-state index in [4.69, 9.17) is 5.73 Å². The Morgan fingerprint density at radius 2 is 2.26 bits per heavy atom. The number of allylic oxidation sites excluding steroid dienone is 1. The van der Waals surface area contributed by atoms with Crippen LogP contribution < -0.4 is 11.1 Å². The Balaban J connectivity index is 2.27. The Kier molecular flexibility index (Phi) is 3.55. The van der Waals surface area contributed by atoms with Gasteiger partial charge in [-0.05, 0) is 38.0 Å². The monoisotopic (exact) mass is 258 g/mol. The highest BCUT2D eigenvalue weighted by Crippen LogP contribution is 2.17. The quantitative estimate of drug-likeness (QED) is 0.818. The number of nitrogens with two attached hydrogens (primary N) is 1. The summed E-state index contributed by atoms with van der Waals surface area (Å²) in [5, 5.41) is 2.77. The number of amides is 1. The highest BCUT2D eigenvalue weighted by molar-refractivity contribution is 5.92. The summed E-state index contributed by atoms with van der Waals surface area (Å²) in [6.07, 6.45) is 5.30. The van der Waals surface area contributed by atoms with E-state index in [-0.39, 0.29) is 11.6 Å². The number of aromatic nitrogens is 2. The molecule has 0 fully saturated rings. The van der Waals surface area contributed by atoms with Crippen molar-refractivity contribution in [1.82, 2.24) is 14.7 Å². The minimum absolute atomic E-state index is 0.219. The molecule has 0 bridgehead atoms. The van der Waals surface area contributed by atoms with Crippen molar-refractivity contribution in [1.29, 1.82) is 0 Å². The molecular weight excluding hydrogens is 240 g/mol. The zero-order valence-corrected chi connectivity index (χ0v) is 11.4. The molecule has 2 aromatic rings. The number of carbonyl (C=O) groups is 1. The molecule has 2 aromatic heterocycles. The zero-order valence-electron chi connectivity index (χ0n) is 11.4. The van der Waals surface area contributed by atoms with Crippen LogP contribution in [-0.4, -0.2) is 15.3 Å². The van der Waals surface area contributed by atoms with Crippen LogP contribution in [0.2, 0.25) is 0 Å². The smallest absolute Gasteiger partial charge is 0.267 e. The first kappa shape index (κ1) is 13.1. The van der Waals surface area contributed by atoms with Crippen LogP contribution in [0, 0.1) is 13.8 Å². The van der Waals surface area contributed by atoms with Gasteiger partial charge in [-0.25, -0.2) is 4.98 Å². The molecule has 0 radical (unpaired) electrons. The van der Waals surface area contributed by atoms with Crippen LogP contribution >= 0.6 is 0 Å². The minimum atomic E-state index is -0.269. The molecular formula is C14H18N4O. The highest BCUT2D eigenvalue weighted by atomic mass is 16.1. The fourth-order valence-electron chi connectivity index (χ4n) is 1.95. The number of hydrogen-bond donors (Lipinski definition) is 2. The Morgan fingerprint density at radius 3 is 2.95 bits per heavy atom. The first-order valence-electron chi connectivity index (χ1n) is 6.16. The second-order valence-electron chi connectivity index (χ2n) is 4.50. The largest absolute Gasteiger partial charge is 0.395 e. The molecule has 0 unspecified atom stereocenters. The lowest BCUT2D eigenvalue weighted by atomic mass is 10.1. The molecule has 5 nitrogen and oxygen atoms in total. The standard InChI is InChI=1S/C14H18N4O/c1-4-11(15)14(19)16-7-12-13-10(3)9(2)5-6-18(13)8-17-12/h4-6,8H,7,15H2,1-3H3,(H,16,19)/b11-4-. The van der Waals surface area contributed by atoms with Crippen LogP contribution in [0.15, 0.2) is 30.4 Å². The Labute approximate surface area is 112 Å². The van der Waals surface area contributed by atoms with Crippen molar-refractivity contribution in [2.45, 2.75) is 27.3 Å². The number of hydrogen-bond acceptors (Lipinski definition) is 3. The maximum Gasteiger partial charge on any atom is 0.267 e. The lowest BCUT2D eigenvalue weighted by Gasteiger charge is -2.07. The molecule has 3 N–H and O–H groups in total. The topological polar surface area (TPSA) is 72.4 Å². The molecule has 0 aromatic carbocycles. The van der Waals surface area contributed by atoms with Gasteiger partial charge in [0.2, 0.25) is 0 Å². The zero-order chi connectivity index (χ0) is 14.0. The van der Waals surface area contributed by atoms with Crippen molar-refractivity contribution >= 4 is 11.4 Å². The molecule has 0 aliphatic carbocycles. The summed E-state index contributed by atoms with van der Waals surface area (Å²) in [5.41, 5.74) is 10.0. The summed E-state index contributed by atoms with van der Waals surface area (Å²) in [6.45, 7) is 6.21. The average Bonchev–Trinajstić information content (AvgIpc) is 2.83. The number of imidazole rings is 1. The van der Waals surface area contributed by atoms with Crippen molar-refractivity contribution in [3.8, 4) is 0 Å². The predicted molar refractivity (Wildman–Crippen MR) is 74.5 cm³/mol. The summed E-state index contributed by atoms with van der Waals surface area (Å²) in [7, 11) is 0. The average molecular weight is 258 g/mol. The van der Waals surface area contributed by atoms with Crippen molar-refractivity contribution in [3.05, 3.63) is 47.2 Å². The van der Waals surface area contributed by atoms with Gasteiger partial charge in [-0.15, -0.1) is 0 Å². The van der Waals surface area contributed by atoms with Gasteiger partial charge in [0.05, 0.1) is 29.8 Å². The van der Waals surface area contributed by atoms with Crippen molar-refractivity contribution in [3.63, 3.8) is 0 Å². The molecule has 0 atom stereocenters. The van der Waals surface area contributed by atoms with Gasteiger partial charge in [-0.3, -0.25) is 4.79 Å². The molecule has 0 saturated carbocycles. The third-order valence-electron chi connectivity index (χ3n) is 3.29. The number of pyridine rings is 1. The molecule has 2 rings (SSSR count). The van der Waals surface area contributed by atoms with E-state index in [1.807, 2.05) is 16.7 Å². The molecule has 0 aliphatic rings. The molecule has 0 aliphatic heterocycles. The molecule has 1 amide bonds. The summed E-state index contributed by atoms with van der Waals surface area (Å²) in [6, 6.07) is 2.05. The Hall–Kier alpha value is -2.30. The van der Waals surface area contributed by atoms with Gasteiger partial charge in [0, 0.05) is 6.20 Å². The number of fused-ring (bicyclic) bond motifs is 1. The van der Waals surface area contributed by atoms with Crippen LogP contribution in [0.3, 0.4) is 0 Å². The van der Waals surface area contributed by atoms with E-state index in [9.17, 15) is 4.79 Å². The number of nitrogens with zero attached hydrogens (tertiary/aromatic N) is 2. The SMILES string of the molecule is C/C=C(\N)C(=O)NCc1ncn2ccc(C)c(C)c12. The molecule has 5 heteroatoms. The normalized spacial score (nSPS) is 11.8. The van der Waals surface area contributed by atoms with E-state index < -0.39 is 0 Å². The van der Waals surface area contributed by atoms with Gasteiger partial charge in [0.1, 0.15) is 0 Å². The first-order valence-corrected chi connectivity index (χ1v) is 6.16. The summed E-state index contributed by atoms with van der Waals surface area (Å²) >= 11 is 0. The van der Waals surface area contributed by atoms with E-state index in [1.54, 1.807) is 19.3 Å². The number of aryl methyl sites for hydroxylation is 2.